The second-order valence-corrected chi connectivity index (χ2v) is 16.2. The van der Waals surface area contributed by atoms with Crippen LogP contribution in [-0.4, -0.2) is 52.2 Å². The molecule has 38 heavy (non-hydrogen) atoms. The molecule has 4 rings (SSSR count). The van der Waals surface area contributed by atoms with E-state index in [4.69, 9.17) is 4.74 Å². The van der Waals surface area contributed by atoms with E-state index < -0.39 is 31.8 Å². The second kappa shape index (κ2) is 11.7. The first-order valence-electron chi connectivity index (χ1n) is 12.5. The number of aromatic nitrogens is 4. The van der Waals surface area contributed by atoms with E-state index in [1.165, 1.54) is 23.4 Å². The average Bonchev–Trinajstić information content (AvgIpc) is 3.42. The van der Waals surface area contributed by atoms with Crippen molar-refractivity contribution < 1.29 is 27.8 Å². The van der Waals surface area contributed by atoms with Gasteiger partial charge in [0, 0.05) is 43.8 Å². The molecule has 1 aliphatic heterocycles. The number of carbonyl (C=O) groups excluding carboxylic acids is 1. The summed E-state index contributed by atoms with van der Waals surface area (Å²) < 4.78 is 48.1. The van der Waals surface area contributed by atoms with Crippen LogP contribution < -0.4 is 4.90 Å². The van der Waals surface area contributed by atoms with Crippen molar-refractivity contribution in [2.45, 2.75) is 58.3 Å². The van der Waals surface area contributed by atoms with Crippen LogP contribution in [-0.2, 0) is 29.3 Å². The van der Waals surface area contributed by atoms with Gasteiger partial charge in [-0.25, -0.2) is 17.9 Å². The molecule has 1 N–H and O–H groups in total. The summed E-state index contributed by atoms with van der Waals surface area (Å²) in [6, 6.07) is 5.93. The molecule has 1 amide bonds. The molecule has 1 aromatic carbocycles. The molecular formula is C26H32F3N5O3Si. The van der Waals surface area contributed by atoms with Crippen LogP contribution in [0.5, 0.6) is 0 Å². The SMILES string of the molecule is C[Si](C)(C)CCOCn1nc(-c2ccnnc2)c(CO)c1N1CCC(Cc2ccc(F)cc2C(F)F)C1=O. The Balaban J connectivity index is 1.64. The van der Waals surface area contributed by atoms with E-state index in [-0.39, 0.29) is 31.2 Å². The number of nitrogens with zero attached hydrogens (tertiary/aromatic N) is 5. The van der Waals surface area contributed by atoms with Gasteiger partial charge in [0.05, 0.1) is 19.0 Å². The Morgan fingerprint density at radius 3 is 2.66 bits per heavy atom. The first-order valence-corrected chi connectivity index (χ1v) is 16.2. The number of aliphatic hydroxyl groups excluding tert-OH is 1. The van der Waals surface area contributed by atoms with E-state index in [0.29, 0.717) is 42.2 Å². The normalized spacial score (nSPS) is 16.2. The minimum atomic E-state index is -2.85. The van der Waals surface area contributed by atoms with E-state index in [0.717, 1.165) is 18.2 Å². The van der Waals surface area contributed by atoms with Crippen molar-refractivity contribution in [2.75, 3.05) is 18.1 Å². The van der Waals surface area contributed by atoms with E-state index >= 15 is 0 Å². The van der Waals surface area contributed by atoms with Crippen LogP contribution in [0.1, 0.15) is 29.5 Å². The van der Waals surface area contributed by atoms with Gasteiger partial charge in [0.15, 0.2) is 0 Å². The largest absolute Gasteiger partial charge is 0.391 e. The number of hydrogen-bond acceptors (Lipinski definition) is 6. The number of aliphatic hydroxyl groups is 1. The Labute approximate surface area is 220 Å². The third-order valence-electron chi connectivity index (χ3n) is 6.63. The third kappa shape index (κ3) is 6.30. The zero-order chi connectivity index (χ0) is 27.4. The summed E-state index contributed by atoms with van der Waals surface area (Å²) in [5.74, 6) is -1.18. The van der Waals surface area contributed by atoms with Crippen LogP contribution in [0, 0.1) is 11.7 Å². The molecule has 0 spiro atoms. The number of halogens is 3. The molecule has 1 atom stereocenters. The Bertz CT molecular complexity index is 1270. The van der Waals surface area contributed by atoms with Crippen molar-refractivity contribution >= 4 is 19.8 Å². The monoisotopic (exact) mass is 547 g/mol. The van der Waals surface area contributed by atoms with E-state index in [9.17, 15) is 23.1 Å². The molecule has 1 saturated heterocycles. The molecule has 1 aliphatic rings. The van der Waals surface area contributed by atoms with Crippen LogP contribution in [0.2, 0.25) is 25.7 Å². The van der Waals surface area contributed by atoms with Gasteiger partial charge >= 0.3 is 0 Å². The van der Waals surface area contributed by atoms with Crippen molar-refractivity contribution in [1.82, 2.24) is 20.0 Å². The number of hydrogen-bond donors (Lipinski definition) is 1. The maximum atomic E-state index is 13.6. The number of alkyl halides is 2. The number of carbonyl (C=O) groups is 1. The molecule has 12 heteroatoms. The van der Waals surface area contributed by atoms with Crippen molar-refractivity contribution in [3.63, 3.8) is 0 Å². The summed E-state index contributed by atoms with van der Waals surface area (Å²) in [5.41, 5.74) is 1.37. The van der Waals surface area contributed by atoms with Crippen LogP contribution in [0.25, 0.3) is 11.3 Å². The smallest absolute Gasteiger partial charge is 0.264 e. The zero-order valence-electron chi connectivity index (χ0n) is 21.7. The summed E-state index contributed by atoms with van der Waals surface area (Å²) in [6.45, 7) is 7.29. The lowest BCUT2D eigenvalue weighted by Gasteiger charge is -2.21. The zero-order valence-corrected chi connectivity index (χ0v) is 22.7. The van der Waals surface area contributed by atoms with Crippen LogP contribution >= 0.6 is 0 Å². The number of rotatable bonds is 11. The molecule has 0 saturated carbocycles. The van der Waals surface area contributed by atoms with Gasteiger partial charge in [-0.15, -0.1) is 0 Å². The molecule has 0 radical (unpaired) electrons. The Morgan fingerprint density at radius 1 is 1.21 bits per heavy atom. The molecule has 0 bridgehead atoms. The highest BCUT2D eigenvalue weighted by atomic mass is 28.3. The first-order chi connectivity index (χ1) is 18.1. The van der Waals surface area contributed by atoms with Crippen LogP contribution in [0.15, 0.2) is 36.7 Å². The number of ether oxygens (including phenoxy) is 1. The molecular weight excluding hydrogens is 515 g/mol. The Hall–Kier alpha value is -3.09. The van der Waals surface area contributed by atoms with E-state index in [1.807, 2.05) is 0 Å². The lowest BCUT2D eigenvalue weighted by Crippen LogP contribution is -2.31. The van der Waals surface area contributed by atoms with Gasteiger partial charge in [-0.1, -0.05) is 25.7 Å². The van der Waals surface area contributed by atoms with Crippen molar-refractivity contribution in [3.8, 4) is 11.3 Å². The molecule has 0 aliphatic carbocycles. The lowest BCUT2D eigenvalue weighted by atomic mass is 9.94. The highest BCUT2D eigenvalue weighted by Gasteiger charge is 2.37. The van der Waals surface area contributed by atoms with E-state index in [1.54, 1.807) is 10.7 Å². The second-order valence-electron chi connectivity index (χ2n) is 10.6. The van der Waals surface area contributed by atoms with Crippen LogP contribution in [0.4, 0.5) is 19.0 Å². The van der Waals surface area contributed by atoms with Crippen molar-refractivity contribution in [1.29, 1.82) is 0 Å². The molecule has 3 aromatic rings. The number of anilines is 1. The Morgan fingerprint density at radius 2 is 2.00 bits per heavy atom. The Kier molecular flexibility index (Phi) is 8.63. The predicted octanol–water partition coefficient (Wildman–Crippen LogP) is 4.82. The maximum absolute atomic E-state index is 13.6. The van der Waals surface area contributed by atoms with Gasteiger partial charge in [0.2, 0.25) is 5.91 Å². The lowest BCUT2D eigenvalue weighted by molar-refractivity contribution is -0.120. The van der Waals surface area contributed by atoms with Crippen molar-refractivity contribution in [2.24, 2.45) is 5.92 Å². The topological polar surface area (TPSA) is 93.4 Å². The quantitative estimate of drug-likeness (QED) is 0.273. The summed E-state index contributed by atoms with van der Waals surface area (Å²) >= 11 is 0. The summed E-state index contributed by atoms with van der Waals surface area (Å²) in [5, 5.41) is 22.7. The van der Waals surface area contributed by atoms with Gasteiger partial charge in [-0.2, -0.15) is 15.3 Å². The van der Waals surface area contributed by atoms with Gasteiger partial charge in [-0.05, 0) is 42.6 Å². The maximum Gasteiger partial charge on any atom is 0.264 e. The minimum absolute atomic E-state index is 0.0612. The fourth-order valence-electron chi connectivity index (χ4n) is 4.58. The van der Waals surface area contributed by atoms with Gasteiger partial charge in [0.25, 0.3) is 6.43 Å². The molecule has 1 unspecified atom stereocenters. The molecule has 204 valence electrons. The van der Waals surface area contributed by atoms with Gasteiger partial charge < -0.3 is 9.84 Å². The summed E-state index contributed by atoms with van der Waals surface area (Å²) in [4.78, 5) is 15.1. The van der Waals surface area contributed by atoms with Crippen LogP contribution in [0.3, 0.4) is 0 Å². The molecule has 2 aromatic heterocycles. The van der Waals surface area contributed by atoms with Gasteiger partial charge in [0.1, 0.15) is 24.1 Å². The highest BCUT2D eigenvalue weighted by Crippen LogP contribution is 2.36. The molecule has 8 nitrogen and oxygen atoms in total. The average molecular weight is 548 g/mol. The fraction of sp³-hybridized carbons (Fsp3) is 0.462. The first kappa shape index (κ1) is 27.9. The predicted molar refractivity (Wildman–Crippen MR) is 139 cm³/mol. The third-order valence-corrected chi connectivity index (χ3v) is 8.33. The molecule has 3 heterocycles. The summed E-state index contributed by atoms with van der Waals surface area (Å²) in [6.07, 6.45) is 0.667. The highest BCUT2D eigenvalue weighted by molar-refractivity contribution is 6.76. The van der Waals surface area contributed by atoms with Gasteiger partial charge in [-0.3, -0.25) is 9.69 Å². The minimum Gasteiger partial charge on any atom is -0.391 e. The molecule has 1 fully saturated rings. The fourth-order valence-corrected chi connectivity index (χ4v) is 5.34. The van der Waals surface area contributed by atoms with Crippen molar-refractivity contribution in [3.05, 3.63) is 59.2 Å². The number of benzene rings is 1. The standard InChI is InChI=1S/C26H32F3N5O3Si/c1-38(2,3)11-10-37-16-34-25(22(15-35)23(32-34)19-6-8-30-31-14-19)33-9-7-18(26(33)36)12-17-4-5-20(27)13-21(17)24(28)29/h4-6,8,13-14,18,24,35H,7,9-12,15-16H2,1-3H3. The van der Waals surface area contributed by atoms with E-state index in [2.05, 4.69) is 34.9 Å². The number of amides is 1. The summed E-state index contributed by atoms with van der Waals surface area (Å²) in [7, 11) is -1.32.